The van der Waals surface area contributed by atoms with Crippen LogP contribution in [0.3, 0.4) is 0 Å². The zero-order chi connectivity index (χ0) is 32.2. The van der Waals surface area contributed by atoms with Crippen molar-refractivity contribution in [3.8, 4) is 0 Å². The molecule has 0 rings (SSSR count). The van der Waals surface area contributed by atoms with Crippen molar-refractivity contribution in [1.82, 2.24) is 0 Å². The minimum atomic E-state index is -4.29. The summed E-state index contributed by atoms with van der Waals surface area (Å²) < 4.78 is 34.3. The van der Waals surface area contributed by atoms with Gasteiger partial charge in [-0.2, -0.15) is 0 Å². The summed E-state index contributed by atoms with van der Waals surface area (Å²) in [6.45, 7) is 4.86. The third-order valence-corrected chi connectivity index (χ3v) is 8.27. The Kier molecular flexibility index (Phi) is 26.9. The van der Waals surface area contributed by atoms with Crippen molar-refractivity contribution in [2.45, 2.75) is 148 Å². The van der Waals surface area contributed by atoms with Crippen LogP contribution in [0.15, 0.2) is 0 Å². The van der Waals surface area contributed by atoms with E-state index in [9.17, 15) is 19.0 Å². The van der Waals surface area contributed by atoms with Crippen LogP contribution in [0.4, 0.5) is 0 Å². The largest absolute Gasteiger partial charge is 0.472 e. The summed E-state index contributed by atoms with van der Waals surface area (Å²) in [6, 6.07) is 0. The predicted molar refractivity (Wildman–Crippen MR) is 174 cm³/mol. The molecule has 0 amide bonds. The first kappa shape index (κ1) is 42.2. The SMILES string of the molecule is CCCCCCCCCCCCCCCCCCOCC(COP(=O)(O)OCCCCC[N+](C)(C)C)OC(=O)CC(C)=O. The number of esters is 1. The van der Waals surface area contributed by atoms with Gasteiger partial charge in [0.1, 0.15) is 18.3 Å². The Bertz CT molecular complexity index is 728. The van der Waals surface area contributed by atoms with Gasteiger partial charge in [0.25, 0.3) is 0 Å². The molecule has 0 aliphatic rings. The van der Waals surface area contributed by atoms with E-state index in [1.807, 2.05) is 0 Å². The molecule has 1 N–H and O–H groups in total. The molecule has 0 saturated carbocycles. The number of ketones is 1. The molecular formula is C33H67NO8P+. The van der Waals surface area contributed by atoms with Gasteiger partial charge in [-0.15, -0.1) is 0 Å². The number of carbonyl (C=O) groups is 2. The van der Waals surface area contributed by atoms with Gasteiger partial charge < -0.3 is 18.9 Å². The second-order valence-corrected chi connectivity index (χ2v) is 14.5. The Morgan fingerprint density at radius 2 is 1.14 bits per heavy atom. The van der Waals surface area contributed by atoms with Crippen LogP contribution in [0.25, 0.3) is 0 Å². The van der Waals surface area contributed by atoms with E-state index in [1.54, 1.807) is 0 Å². The van der Waals surface area contributed by atoms with E-state index >= 15 is 0 Å². The van der Waals surface area contributed by atoms with Gasteiger partial charge in [0.2, 0.25) is 0 Å². The summed E-state index contributed by atoms with van der Waals surface area (Å²) in [7, 11) is 2.07. The summed E-state index contributed by atoms with van der Waals surface area (Å²) in [6.07, 6.45) is 22.0. The monoisotopic (exact) mass is 636 g/mol. The Hall–Kier alpha value is -0.830. The van der Waals surface area contributed by atoms with Gasteiger partial charge in [-0.25, -0.2) is 4.57 Å². The molecule has 2 atom stereocenters. The molecule has 0 aromatic heterocycles. The fraction of sp³-hybridized carbons (Fsp3) is 0.939. The fourth-order valence-electron chi connectivity index (χ4n) is 4.77. The highest BCUT2D eigenvalue weighted by Gasteiger charge is 2.25. The van der Waals surface area contributed by atoms with Gasteiger partial charge in [0.15, 0.2) is 0 Å². The maximum atomic E-state index is 12.3. The number of phosphoric acid groups is 1. The third kappa shape index (κ3) is 32.4. The first-order valence-corrected chi connectivity index (χ1v) is 18.6. The second kappa shape index (κ2) is 27.5. The normalized spacial score (nSPS) is 14.0. The summed E-state index contributed by atoms with van der Waals surface area (Å²) in [5.41, 5.74) is 0. The molecule has 43 heavy (non-hydrogen) atoms. The Balaban J connectivity index is 4.02. The van der Waals surface area contributed by atoms with Gasteiger partial charge in [-0.1, -0.05) is 103 Å². The summed E-state index contributed by atoms with van der Waals surface area (Å²) in [5.74, 6) is -1.03. The van der Waals surface area contributed by atoms with Gasteiger partial charge in [-0.3, -0.25) is 18.6 Å². The average molecular weight is 637 g/mol. The van der Waals surface area contributed by atoms with Crippen LogP contribution in [0.5, 0.6) is 0 Å². The van der Waals surface area contributed by atoms with E-state index in [4.69, 9.17) is 18.5 Å². The number of Topliss-reactive ketones (excluding diaryl/α,β-unsaturated/α-hetero) is 1. The van der Waals surface area contributed by atoms with Crippen LogP contribution in [-0.4, -0.2) is 81.3 Å². The van der Waals surface area contributed by atoms with E-state index in [-0.39, 0.29) is 32.0 Å². The third-order valence-electron chi connectivity index (χ3n) is 7.29. The number of ether oxygens (including phenoxy) is 2. The van der Waals surface area contributed by atoms with E-state index in [0.29, 0.717) is 13.0 Å². The van der Waals surface area contributed by atoms with Crippen LogP contribution in [-0.2, 0) is 32.7 Å². The number of carbonyl (C=O) groups excluding carboxylic acids is 2. The Morgan fingerprint density at radius 1 is 0.674 bits per heavy atom. The minimum absolute atomic E-state index is 0.0213. The zero-order valence-corrected chi connectivity index (χ0v) is 29.3. The number of nitrogens with zero attached hydrogens (tertiary/aromatic N) is 1. The van der Waals surface area contributed by atoms with Crippen LogP contribution in [0.1, 0.15) is 142 Å². The standard InChI is InChI=1S/C33H66NO8P/c1-6-7-8-9-10-11-12-13-14-15-16-17-18-19-20-23-26-39-29-32(42-33(36)28-31(2)35)30-41-43(37,38)40-27-24-21-22-25-34(3,4)5/h32H,6-30H2,1-5H3/p+1. The minimum Gasteiger partial charge on any atom is -0.457 e. The van der Waals surface area contributed by atoms with Crippen LogP contribution < -0.4 is 0 Å². The van der Waals surface area contributed by atoms with E-state index < -0.39 is 19.9 Å². The summed E-state index contributed by atoms with van der Waals surface area (Å²) >= 11 is 0. The van der Waals surface area contributed by atoms with Crippen LogP contribution in [0, 0.1) is 0 Å². The molecule has 0 saturated heterocycles. The van der Waals surface area contributed by atoms with Crippen molar-refractivity contribution in [3.63, 3.8) is 0 Å². The molecule has 0 heterocycles. The summed E-state index contributed by atoms with van der Waals surface area (Å²) in [4.78, 5) is 33.3. The van der Waals surface area contributed by atoms with E-state index in [0.717, 1.165) is 36.7 Å². The van der Waals surface area contributed by atoms with E-state index in [1.165, 1.54) is 96.8 Å². The van der Waals surface area contributed by atoms with E-state index in [2.05, 4.69) is 28.1 Å². The molecule has 10 heteroatoms. The lowest BCUT2D eigenvalue weighted by molar-refractivity contribution is -0.870. The Labute approximate surface area is 264 Å². The molecule has 9 nitrogen and oxygen atoms in total. The fourth-order valence-corrected chi connectivity index (χ4v) is 5.56. The zero-order valence-electron chi connectivity index (χ0n) is 28.5. The second-order valence-electron chi connectivity index (χ2n) is 13.0. The molecule has 0 spiro atoms. The van der Waals surface area contributed by atoms with Crippen molar-refractivity contribution in [2.24, 2.45) is 0 Å². The maximum Gasteiger partial charge on any atom is 0.472 e. The molecule has 0 aliphatic carbocycles. The quantitative estimate of drug-likeness (QED) is 0.0259. The number of hydrogen-bond acceptors (Lipinski definition) is 7. The molecule has 0 aromatic carbocycles. The predicted octanol–water partition coefficient (Wildman–Crippen LogP) is 8.17. The highest BCUT2D eigenvalue weighted by atomic mass is 31.2. The lowest BCUT2D eigenvalue weighted by atomic mass is 10.0. The van der Waals surface area contributed by atoms with Crippen molar-refractivity contribution in [3.05, 3.63) is 0 Å². The molecule has 0 fully saturated rings. The lowest BCUT2D eigenvalue weighted by Crippen LogP contribution is -2.35. The van der Waals surface area contributed by atoms with Crippen molar-refractivity contribution in [2.75, 3.05) is 54.1 Å². The van der Waals surface area contributed by atoms with Crippen molar-refractivity contribution >= 4 is 19.6 Å². The maximum absolute atomic E-state index is 12.3. The number of hydrogen-bond donors (Lipinski definition) is 1. The highest BCUT2D eigenvalue weighted by Crippen LogP contribution is 2.43. The van der Waals surface area contributed by atoms with Gasteiger partial charge >= 0.3 is 13.8 Å². The molecular weight excluding hydrogens is 569 g/mol. The first-order chi connectivity index (χ1) is 20.4. The summed E-state index contributed by atoms with van der Waals surface area (Å²) in [5, 5.41) is 0. The Morgan fingerprint density at radius 3 is 1.63 bits per heavy atom. The highest BCUT2D eigenvalue weighted by molar-refractivity contribution is 7.47. The topological polar surface area (TPSA) is 108 Å². The number of phosphoric ester groups is 1. The lowest BCUT2D eigenvalue weighted by Gasteiger charge is -2.23. The van der Waals surface area contributed by atoms with Crippen molar-refractivity contribution < 1.29 is 42.1 Å². The molecule has 0 aliphatic heterocycles. The smallest absolute Gasteiger partial charge is 0.457 e. The van der Waals surface area contributed by atoms with Crippen molar-refractivity contribution in [1.29, 1.82) is 0 Å². The molecule has 0 aromatic rings. The van der Waals surface area contributed by atoms with Gasteiger partial charge in [0.05, 0.1) is 47.5 Å². The van der Waals surface area contributed by atoms with Crippen LogP contribution in [0.2, 0.25) is 0 Å². The number of rotatable bonds is 32. The first-order valence-electron chi connectivity index (χ1n) is 17.1. The molecule has 2 unspecified atom stereocenters. The average Bonchev–Trinajstić information content (AvgIpc) is 2.91. The molecule has 0 bridgehead atoms. The molecule has 256 valence electrons. The van der Waals surface area contributed by atoms with Crippen LogP contribution >= 0.6 is 7.82 Å². The van der Waals surface area contributed by atoms with Gasteiger partial charge in [-0.05, 0) is 32.6 Å². The van der Waals surface area contributed by atoms with Gasteiger partial charge in [0, 0.05) is 6.61 Å². The number of unbranched alkanes of at least 4 members (excludes halogenated alkanes) is 17. The molecule has 0 radical (unpaired) electrons. The number of quaternary nitrogens is 1.